The van der Waals surface area contributed by atoms with Crippen LogP contribution in [0.15, 0.2) is 78.0 Å². The second kappa shape index (κ2) is 7.57. The summed E-state index contributed by atoms with van der Waals surface area (Å²) in [5.41, 5.74) is 4.92. The fraction of sp³-hybridized carbons (Fsp3) is 0.154. The van der Waals surface area contributed by atoms with Crippen molar-refractivity contribution >= 4 is 39.4 Å². The number of rotatable bonds is 4. The van der Waals surface area contributed by atoms with Gasteiger partial charge in [-0.3, -0.25) is 0 Å². The first kappa shape index (κ1) is 19.9. The maximum Gasteiger partial charge on any atom is 0.356 e. The normalized spacial score (nSPS) is 16.0. The molecule has 1 N–H and O–H groups in total. The standard InChI is InChI=1S/C26H22N2O4/c1-15-8-11-17(12-9-15)27-23-22(25(29)31-3)24(32-26(23)30)16-10-13-21-19(14-16)18-6-4-5-7-20(18)28(21)2/h4-14,24,27H,1-3H3. The number of nitrogens with zero attached hydrogens (tertiary/aromatic N) is 1. The SMILES string of the molecule is COC(=O)C1=C(Nc2ccc(C)cc2)C(=O)OC1c1ccc2c(c1)c1ccccc1n2C. The van der Waals surface area contributed by atoms with Crippen LogP contribution in [-0.4, -0.2) is 23.6 Å². The molecule has 1 atom stereocenters. The minimum atomic E-state index is -0.855. The Morgan fingerprint density at radius 3 is 2.47 bits per heavy atom. The predicted molar refractivity (Wildman–Crippen MR) is 123 cm³/mol. The zero-order valence-electron chi connectivity index (χ0n) is 18.0. The smallest absolute Gasteiger partial charge is 0.356 e. The summed E-state index contributed by atoms with van der Waals surface area (Å²) in [7, 11) is 3.32. The number of benzene rings is 3. The van der Waals surface area contributed by atoms with Gasteiger partial charge in [0.1, 0.15) is 11.3 Å². The molecule has 6 nitrogen and oxygen atoms in total. The van der Waals surface area contributed by atoms with Crippen molar-refractivity contribution in [3.8, 4) is 0 Å². The van der Waals surface area contributed by atoms with Gasteiger partial charge in [0.05, 0.1) is 7.11 Å². The van der Waals surface area contributed by atoms with Gasteiger partial charge in [-0.15, -0.1) is 0 Å². The second-order valence-corrected chi connectivity index (χ2v) is 7.91. The Bertz CT molecular complexity index is 1410. The van der Waals surface area contributed by atoms with E-state index in [1.165, 1.54) is 7.11 Å². The molecule has 2 heterocycles. The molecule has 160 valence electrons. The van der Waals surface area contributed by atoms with E-state index < -0.39 is 18.0 Å². The molecule has 1 aliphatic rings. The first-order valence-electron chi connectivity index (χ1n) is 10.3. The third kappa shape index (κ3) is 3.12. The lowest BCUT2D eigenvalue weighted by molar-refractivity contribution is -0.141. The number of hydrogen-bond acceptors (Lipinski definition) is 5. The minimum Gasteiger partial charge on any atom is -0.465 e. The molecule has 0 bridgehead atoms. The molecule has 32 heavy (non-hydrogen) atoms. The number of esters is 2. The Labute approximate surface area is 185 Å². The van der Waals surface area contributed by atoms with Gasteiger partial charge in [0.15, 0.2) is 6.10 Å². The first-order chi connectivity index (χ1) is 15.5. The fourth-order valence-corrected chi connectivity index (χ4v) is 4.27. The van der Waals surface area contributed by atoms with Crippen LogP contribution in [0, 0.1) is 6.92 Å². The summed E-state index contributed by atoms with van der Waals surface area (Å²) in [5, 5.41) is 5.18. The van der Waals surface area contributed by atoms with Crippen LogP contribution in [-0.2, 0) is 26.1 Å². The van der Waals surface area contributed by atoms with Crippen LogP contribution >= 0.6 is 0 Å². The molecular formula is C26H22N2O4. The molecule has 0 fully saturated rings. The van der Waals surface area contributed by atoms with Crippen LogP contribution in [0.2, 0.25) is 0 Å². The number of nitrogens with one attached hydrogen (secondary N) is 1. The van der Waals surface area contributed by atoms with Gasteiger partial charge in [0.25, 0.3) is 0 Å². The highest BCUT2D eigenvalue weighted by atomic mass is 16.6. The van der Waals surface area contributed by atoms with Gasteiger partial charge < -0.3 is 19.4 Å². The summed E-state index contributed by atoms with van der Waals surface area (Å²) < 4.78 is 12.8. The van der Waals surface area contributed by atoms with E-state index in [2.05, 4.69) is 22.0 Å². The molecule has 5 rings (SSSR count). The van der Waals surface area contributed by atoms with Gasteiger partial charge in [0.2, 0.25) is 0 Å². The number of cyclic esters (lactones) is 1. The van der Waals surface area contributed by atoms with Gasteiger partial charge in [-0.2, -0.15) is 0 Å². The summed E-state index contributed by atoms with van der Waals surface area (Å²) in [4.78, 5) is 25.5. The molecular weight excluding hydrogens is 404 g/mol. The van der Waals surface area contributed by atoms with E-state index in [9.17, 15) is 9.59 Å². The zero-order valence-corrected chi connectivity index (χ0v) is 18.0. The van der Waals surface area contributed by atoms with E-state index in [0.29, 0.717) is 11.3 Å². The second-order valence-electron chi connectivity index (χ2n) is 7.91. The molecule has 1 aliphatic heterocycles. The third-order valence-corrected chi connectivity index (χ3v) is 5.93. The molecule has 4 aromatic rings. The summed E-state index contributed by atoms with van der Waals surface area (Å²) in [6, 6.07) is 21.5. The summed E-state index contributed by atoms with van der Waals surface area (Å²) >= 11 is 0. The Balaban J connectivity index is 1.63. The van der Waals surface area contributed by atoms with Gasteiger partial charge >= 0.3 is 11.9 Å². The molecule has 1 unspecified atom stereocenters. The molecule has 0 aliphatic carbocycles. The number of aromatic nitrogens is 1. The quantitative estimate of drug-likeness (QED) is 0.476. The van der Waals surface area contributed by atoms with E-state index in [0.717, 1.165) is 27.4 Å². The number of ether oxygens (including phenoxy) is 2. The Morgan fingerprint density at radius 1 is 1.00 bits per heavy atom. The van der Waals surface area contributed by atoms with Crippen molar-refractivity contribution in [2.75, 3.05) is 12.4 Å². The van der Waals surface area contributed by atoms with Crippen LogP contribution in [0.4, 0.5) is 5.69 Å². The zero-order chi connectivity index (χ0) is 22.4. The van der Waals surface area contributed by atoms with E-state index in [1.807, 2.05) is 68.6 Å². The van der Waals surface area contributed by atoms with Crippen LogP contribution in [0.25, 0.3) is 21.8 Å². The number of para-hydroxylation sites is 1. The number of carbonyl (C=O) groups is 2. The Hall–Kier alpha value is -4.06. The molecule has 0 radical (unpaired) electrons. The molecule has 0 saturated heterocycles. The maximum atomic E-state index is 12.8. The van der Waals surface area contributed by atoms with Crippen molar-refractivity contribution < 1.29 is 19.1 Å². The molecule has 3 aromatic carbocycles. The van der Waals surface area contributed by atoms with Crippen molar-refractivity contribution in [2.45, 2.75) is 13.0 Å². The van der Waals surface area contributed by atoms with Crippen LogP contribution in [0.5, 0.6) is 0 Å². The van der Waals surface area contributed by atoms with E-state index in [4.69, 9.17) is 9.47 Å². The van der Waals surface area contributed by atoms with Gasteiger partial charge in [-0.25, -0.2) is 9.59 Å². The number of anilines is 1. The lowest BCUT2D eigenvalue weighted by Crippen LogP contribution is -2.14. The van der Waals surface area contributed by atoms with E-state index in [1.54, 1.807) is 0 Å². The molecule has 0 spiro atoms. The van der Waals surface area contributed by atoms with Crippen molar-refractivity contribution in [3.05, 3.63) is 89.1 Å². The molecule has 1 aromatic heterocycles. The molecule has 0 amide bonds. The highest BCUT2D eigenvalue weighted by Gasteiger charge is 2.40. The van der Waals surface area contributed by atoms with Crippen molar-refractivity contribution in [1.82, 2.24) is 4.57 Å². The lowest BCUT2D eigenvalue weighted by atomic mass is 9.99. The summed E-state index contributed by atoms with van der Waals surface area (Å²) in [5.74, 6) is -1.19. The Kier molecular flexibility index (Phi) is 4.70. The Morgan fingerprint density at radius 2 is 1.72 bits per heavy atom. The highest BCUT2D eigenvalue weighted by molar-refractivity contribution is 6.09. The molecule has 6 heteroatoms. The van der Waals surface area contributed by atoms with Crippen molar-refractivity contribution in [1.29, 1.82) is 0 Å². The van der Waals surface area contributed by atoms with E-state index in [-0.39, 0.29) is 11.3 Å². The van der Waals surface area contributed by atoms with Crippen LogP contribution < -0.4 is 5.32 Å². The number of aryl methyl sites for hydroxylation is 2. The predicted octanol–water partition coefficient (Wildman–Crippen LogP) is 4.78. The highest BCUT2D eigenvalue weighted by Crippen LogP contribution is 2.39. The van der Waals surface area contributed by atoms with Crippen molar-refractivity contribution in [3.63, 3.8) is 0 Å². The number of fused-ring (bicyclic) bond motifs is 3. The third-order valence-electron chi connectivity index (χ3n) is 5.93. The van der Waals surface area contributed by atoms with Crippen LogP contribution in [0.1, 0.15) is 17.2 Å². The minimum absolute atomic E-state index is 0.101. The average Bonchev–Trinajstić information content (AvgIpc) is 3.29. The molecule has 0 saturated carbocycles. The summed E-state index contributed by atoms with van der Waals surface area (Å²) in [6.07, 6.45) is -0.855. The number of hydrogen-bond donors (Lipinski definition) is 1. The van der Waals surface area contributed by atoms with Gasteiger partial charge in [-0.1, -0.05) is 42.0 Å². The number of carbonyl (C=O) groups excluding carboxylic acids is 2. The van der Waals surface area contributed by atoms with Gasteiger partial charge in [-0.05, 0) is 42.8 Å². The fourth-order valence-electron chi connectivity index (χ4n) is 4.27. The van der Waals surface area contributed by atoms with Crippen LogP contribution in [0.3, 0.4) is 0 Å². The van der Waals surface area contributed by atoms with E-state index >= 15 is 0 Å². The van der Waals surface area contributed by atoms with Crippen molar-refractivity contribution in [2.24, 2.45) is 7.05 Å². The van der Waals surface area contributed by atoms with Gasteiger partial charge in [0, 0.05) is 34.5 Å². The average molecular weight is 426 g/mol. The lowest BCUT2D eigenvalue weighted by Gasteiger charge is -2.13. The topological polar surface area (TPSA) is 69.6 Å². The monoisotopic (exact) mass is 426 g/mol. The number of methoxy groups -OCH3 is 1. The maximum absolute atomic E-state index is 12.8. The largest absolute Gasteiger partial charge is 0.465 e. The summed E-state index contributed by atoms with van der Waals surface area (Å²) in [6.45, 7) is 1.98. The first-order valence-corrected chi connectivity index (χ1v) is 10.3.